The molecule has 1 aliphatic heterocycles. The topological polar surface area (TPSA) is 78.5 Å². The fraction of sp³-hybridized carbons (Fsp3) is 0.500. The third-order valence-electron chi connectivity index (χ3n) is 7.09. The van der Waals surface area contributed by atoms with Crippen LogP contribution in [-0.2, 0) is 22.7 Å². The second kappa shape index (κ2) is 10.4. The minimum Gasteiger partial charge on any atom is -0.322 e. The van der Waals surface area contributed by atoms with E-state index in [1.807, 2.05) is 6.07 Å². The van der Waals surface area contributed by atoms with Gasteiger partial charge in [-0.25, -0.2) is 8.42 Å². The van der Waals surface area contributed by atoms with Gasteiger partial charge in [0, 0.05) is 30.1 Å². The highest BCUT2D eigenvalue weighted by molar-refractivity contribution is 7.90. The van der Waals surface area contributed by atoms with Crippen LogP contribution in [0, 0.1) is 5.92 Å². The highest BCUT2D eigenvalue weighted by atomic mass is 32.2. The third kappa shape index (κ3) is 6.02. The number of hydrogen-bond acceptors (Lipinski definition) is 5. The van der Waals surface area contributed by atoms with Gasteiger partial charge in [-0.1, -0.05) is 13.0 Å². The first-order chi connectivity index (χ1) is 15.8. The van der Waals surface area contributed by atoms with Gasteiger partial charge in [-0.2, -0.15) is 0 Å². The number of anilines is 1. The van der Waals surface area contributed by atoms with E-state index in [9.17, 15) is 13.2 Å². The van der Waals surface area contributed by atoms with Crippen LogP contribution in [0.4, 0.5) is 5.69 Å². The third-order valence-corrected chi connectivity index (χ3v) is 8.21. The Labute approximate surface area is 197 Å². The Morgan fingerprint density at radius 3 is 2.45 bits per heavy atom. The Bertz CT molecular complexity index is 1080. The predicted octanol–water partition coefficient (Wildman–Crippen LogP) is 3.52. The lowest BCUT2D eigenvalue weighted by atomic mass is 9.86. The quantitative estimate of drug-likeness (QED) is 0.649. The summed E-state index contributed by atoms with van der Waals surface area (Å²) < 4.78 is 23.3. The molecule has 2 N–H and O–H groups in total. The van der Waals surface area contributed by atoms with Gasteiger partial charge in [0.15, 0.2) is 9.84 Å². The van der Waals surface area contributed by atoms with E-state index in [1.165, 1.54) is 49.1 Å². The molecule has 33 heavy (non-hydrogen) atoms. The maximum atomic E-state index is 12.7. The standard InChI is InChI=1S/C26H35N3O3S/c1-3-29(18-19-12-14-27-15-13-19)24-9-5-20-4-8-23(16-22(20)17-24)28-26(30)21-6-10-25(11-7-21)33(2,31)32/h4,6-8,10-11,16,19,24,27H,3,5,9,12-15,17-18H2,1-2H3,(H,28,30). The highest BCUT2D eigenvalue weighted by Gasteiger charge is 2.26. The Hall–Kier alpha value is -2.22. The second-order valence-electron chi connectivity index (χ2n) is 9.41. The van der Waals surface area contributed by atoms with E-state index >= 15 is 0 Å². The molecule has 6 nitrogen and oxygen atoms in total. The molecule has 1 heterocycles. The number of benzene rings is 2. The maximum absolute atomic E-state index is 12.7. The molecule has 4 rings (SSSR count). The van der Waals surface area contributed by atoms with E-state index in [0.29, 0.717) is 11.6 Å². The summed E-state index contributed by atoms with van der Waals surface area (Å²) in [6, 6.07) is 12.8. The van der Waals surface area contributed by atoms with Gasteiger partial charge < -0.3 is 15.5 Å². The molecule has 178 valence electrons. The van der Waals surface area contributed by atoms with Crippen LogP contribution in [0.15, 0.2) is 47.4 Å². The van der Waals surface area contributed by atoms with Crippen LogP contribution in [0.3, 0.4) is 0 Å². The average molecular weight is 470 g/mol. The largest absolute Gasteiger partial charge is 0.322 e. The SMILES string of the molecule is CCN(CC1CCNCC1)C1CCc2ccc(NC(=O)c3ccc(S(C)(=O)=O)cc3)cc2C1. The first-order valence-corrected chi connectivity index (χ1v) is 13.9. The highest BCUT2D eigenvalue weighted by Crippen LogP contribution is 2.28. The number of likely N-dealkylation sites (N-methyl/N-ethyl adjacent to an activating group) is 1. The summed E-state index contributed by atoms with van der Waals surface area (Å²) in [4.78, 5) is 15.6. The number of amides is 1. The number of fused-ring (bicyclic) bond motifs is 1. The van der Waals surface area contributed by atoms with E-state index in [0.717, 1.165) is 50.3 Å². The number of sulfone groups is 1. The minimum absolute atomic E-state index is 0.212. The fourth-order valence-corrected chi connectivity index (χ4v) is 5.75. The summed E-state index contributed by atoms with van der Waals surface area (Å²) >= 11 is 0. The first kappa shape index (κ1) is 23.9. The molecular weight excluding hydrogens is 434 g/mol. The maximum Gasteiger partial charge on any atom is 0.255 e. The van der Waals surface area contributed by atoms with Gasteiger partial charge >= 0.3 is 0 Å². The molecule has 1 saturated heterocycles. The van der Waals surface area contributed by atoms with E-state index in [2.05, 4.69) is 34.6 Å². The van der Waals surface area contributed by atoms with Crippen molar-refractivity contribution in [2.75, 3.05) is 37.8 Å². The molecule has 1 aliphatic carbocycles. The minimum atomic E-state index is -3.28. The summed E-state index contributed by atoms with van der Waals surface area (Å²) in [5.74, 6) is 0.552. The molecule has 2 aromatic carbocycles. The Balaban J connectivity index is 1.42. The summed E-state index contributed by atoms with van der Waals surface area (Å²) in [6.45, 7) is 6.79. The molecule has 7 heteroatoms. The van der Waals surface area contributed by atoms with Gasteiger partial charge in [0.1, 0.15) is 0 Å². The van der Waals surface area contributed by atoms with E-state index in [1.54, 1.807) is 12.1 Å². The molecule has 2 aliphatic rings. The Kier molecular flexibility index (Phi) is 7.51. The van der Waals surface area contributed by atoms with Crippen molar-refractivity contribution in [2.24, 2.45) is 5.92 Å². The molecule has 1 amide bonds. The Morgan fingerprint density at radius 1 is 1.06 bits per heavy atom. The zero-order valence-electron chi connectivity index (χ0n) is 19.6. The fourth-order valence-electron chi connectivity index (χ4n) is 5.12. The number of piperidine rings is 1. The number of rotatable bonds is 7. The van der Waals surface area contributed by atoms with Crippen LogP contribution in [0.5, 0.6) is 0 Å². The zero-order valence-corrected chi connectivity index (χ0v) is 20.5. The molecule has 0 spiro atoms. The molecule has 2 aromatic rings. The normalized spacial score (nSPS) is 19.3. The van der Waals surface area contributed by atoms with Crippen LogP contribution in [-0.4, -0.2) is 57.7 Å². The molecule has 0 saturated carbocycles. The molecule has 0 bridgehead atoms. The zero-order chi connectivity index (χ0) is 23.4. The van der Waals surface area contributed by atoms with Crippen molar-refractivity contribution in [1.29, 1.82) is 0 Å². The van der Waals surface area contributed by atoms with Crippen LogP contribution >= 0.6 is 0 Å². The smallest absolute Gasteiger partial charge is 0.255 e. The second-order valence-corrected chi connectivity index (χ2v) is 11.4. The summed E-state index contributed by atoms with van der Waals surface area (Å²) in [6.07, 6.45) is 6.96. The molecule has 0 radical (unpaired) electrons. The monoisotopic (exact) mass is 469 g/mol. The van der Waals surface area contributed by atoms with Crippen LogP contribution in [0.1, 0.15) is 47.7 Å². The van der Waals surface area contributed by atoms with Crippen molar-refractivity contribution in [3.05, 3.63) is 59.2 Å². The van der Waals surface area contributed by atoms with Gasteiger partial charge in [-0.15, -0.1) is 0 Å². The lowest BCUT2D eigenvalue weighted by molar-refractivity contribution is 0.102. The summed E-state index contributed by atoms with van der Waals surface area (Å²) in [5.41, 5.74) is 3.92. The lowest BCUT2D eigenvalue weighted by Gasteiger charge is -2.37. The molecule has 1 atom stereocenters. The number of nitrogens with one attached hydrogen (secondary N) is 2. The van der Waals surface area contributed by atoms with Crippen LogP contribution in [0.25, 0.3) is 0 Å². The van der Waals surface area contributed by atoms with Crippen molar-refractivity contribution in [3.63, 3.8) is 0 Å². The van der Waals surface area contributed by atoms with Crippen molar-refractivity contribution < 1.29 is 13.2 Å². The molecule has 0 aromatic heterocycles. The van der Waals surface area contributed by atoms with Crippen molar-refractivity contribution >= 4 is 21.4 Å². The van der Waals surface area contributed by atoms with Crippen LogP contribution < -0.4 is 10.6 Å². The molecule has 1 unspecified atom stereocenters. The molecular formula is C26H35N3O3S. The number of carbonyl (C=O) groups excluding carboxylic acids is 1. The van der Waals surface area contributed by atoms with E-state index < -0.39 is 9.84 Å². The van der Waals surface area contributed by atoms with Gasteiger partial charge in [-0.3, -0.25) is 4.79 Å². The van der Waals surface area contributed by atoms with E-state index in [-0.39, 0.29) is 10.8 Å². The van der Waals surface area contributed by atoms with E-state index in [4.69, 9.17) is 0 Å². The van der Waals surface area contributed by atoms with Crippen LogP contribution in [0.2, 0.25) is 0 Å². The Morgan fingerprint density at radius 2 is 1.79 bits per heavy atom. The number of hydrogen-bond donors (Lipinski definition) is 2. The van der Waals surface area contributed by atoms with Gasteiger partial charge in [0.2, 0.25) is 0 Å². The van der Waals surface area contributed by atoms with Gasteiger partial charge in [0.25, 0.3) is 5.91 Å². The average Bonchev–Trinajstić information content (AvgIpc) is 2.82. The lowest BCUT2D eigenvalue weighted by Crippen LogP contribution is -2.43. The number of nitrogens with zero attached hydrogens (tertiary/aromatic N) is 1. The van der Waals surface area contributed by atoms with Gasteiger partial charge in [0.05, 0.1) is 4.90 Å². The summed E-state index contributed by atoms with van der Waals surface area (Å²) in [5, 5.41) is 6.44. The van der Waals surface area contributed by atoms with Gasteiger partial charge in [-0.05, 0) is 105 Å². The van der Waals surface area contributed by atoms with Crippen molar-refractivity contribution in [1.82, 2.24) is 10.2 Å². The number of aryl methyl sites for hydroxylation is 1. The molecule has 1 fully saturated rings. The summed E-state index contributed by atoms with van der Waals surface area (Å²) in [7, 11) is -3.28. The van der Waals surface area contributed by atoms with Crippen molar-refractivity contribution in [3.8, 4) is 0 Å². The number of carbonyl (C=O) groups is 1. The van der Waals surface area contributed by atoms with Crippen molar-refractivity contribution in [2.45, 2.75) is 50.0 Å². The predicted molar refractivity (Wildman–Crippen MR) is 133 cm³/mol. The first-order valence-electron chi connectivity index (χ1n) is 12.0.